The molecule has 0 aliphatic carbocycles. The van der Waals surface area contributed by atoms with Crippen molar-refractivity contribution in [1.29, 1.82) is 0 Å². The summed E-state index contributed by atoms with van der Waals surface area (Å²) in [6, 6.07) is 0.263. The molecule has 0 aromatic heterocycles. The number of nitrogens with one attached hydrogen (secondary N) is 1. The summed E-state index contributed by atoms with van der Waals surface area (Å²) >= 11 is 0. The zero-order chi connectivity index (χ0) is 18.2. The van der Waals surface area contributed by atoms with Gasteiger partial charge in [0.15, 0.2) is 0 Å². The van der Waals surface area contributed by atoms with Crippen LogP contribution in [0.25, 0.3) is 0 Å². The minimum Gasteiger partial charge on any atom is -0.390 e. The molecule has 2 fully saturated rings. The standard InChI is InChI=1S/C17H39N7O/c1-20-14-16(25)17(24-9-5-21(2)6-10-24)15(13-19)23-11-7-22(4-3-18)8-12-23/h15-17,20,25H,3-14,18-19H2,1-2H3. The second-order valence-corrected chi connectivity index (χ2v) is 7.42. The van der Waals surface area contributed by atoms with Gasteiger partial charge in [0, 0.05) is 84.6 Å². The lowest BCUT2D eigenvalue weighted by Crippen LogP contribution is -2.66. The van der Waals surface area contributed by atoms with Crippen LogP contribution in [0.2, 0.25) is 0 Å². The van der Waals surface area contributed by atoms with Crippen LogP contribution in [-0.2, 0) is 0 Å². The number of likely N-dealkylation sites (N-methyl/N-ethyl adjacent to an activating group) is 2. The van der Waals surface area contributed by atoms with E-state index in [4.69, 9.17) is 11.5 Å². The Hall–Kier alpha value is -0.320. The average Bonchev–Trinajstić information content (AvgIpc) is 2.62. The van der Waals surface area contributed by atoms with Crippen LogP contribution in [0.4, 0.5) is 0 Å². The largest absolute Gasteiger partial charge is 0.390 e. The zero-order valence-electron chi connectivity index (χ0n) is 16.1. The average molecular weight is 358 g/mol. The Bertz CT molecular complexity index is 357. The summed E-state index contributed by atoms with van der Waals surface area (Å²) in [5, 5.41) is 14.0. The number of aliphatic hydroxyl groups excluding tert-OH is 1. The third-order valence-corrected chi connectivity index (χ3v) is 5.72. The predicted molar refractivity (Wildman–Crippen MR) is 103 cm³/mol. The van der Waals surface area contributed by atoms with Crippen molar-refractivity contribution in [3.8, 4) is 0 Å². The molecule has 0 radical (unpaired) electrons. The molecule has 0 aromatic carbocycles. The molecule has 0 amide bonds. The smallest absolute Gasteiger partial charge is 0.0835 e. The van der Waals surface area contributed by atoms with E-state index >= 15 is 0 Å². The van der Waals surface area contributed by atoms with Crippen molar-refractivity contribution in [2.45, 2.75) is 18.2 Å². The molecule has 2 saturated heterocycles. The zero-order valence-corrected chi connectivity index (χ0v) is 16.1. The van der Waals surface area contributed by atoms with E-state index in [2.05, 4.69) is 32.0 Å². The highest BCUT2D eigenvalue weighted by molar-refractivity contribution is 4.95. The van der Waals surface area contributed by atoms with Crippen LogP contribution in [0.5, 0.6) is 0 Å². The van der Waals surface area contributed by atoms with Gasteiger partial charge in [-0.1, -0.05) is 0 Å². The van der Waals surface area contributed by atoms with Crippen LogP contribution < -0.4 is 16.8 Å². The highest BCUT2D eigenvalue weighted by atomic mass is 16.3. The Morgan fingerprint density at radius 1 is 0.960 bits per heavy atom. The van der Waals surface area contributed by atoms with Crippen LogP contribution in [0.3, 0.4) is 0 Å². The van der Waals surface area contributed by atoms with Crippen molar-refractivity contribution in [3.05, 3.63) is 0 Å². The van der Waals surface area contributed by atoms with E-state index in [0.717, 1.165) is 58.9 Å². The quantitative estimate of drug-likeness (QED) is 0.349. The molecular formula is C17H39N7O. The molecule has 3 atom stereocenters. The normalized spacial score (nSPS) is 25.8. The number of aliphatic hydroxyl groups is 1. The maximum Gasteiger partial charge on any atom is 0.0835 e. The van der Waals surface area contributed by atoms with Gasteiger partial charge < -0.3 is 26.8 Å². The van der Waals surface area contributed by atoms with Gasteiger partial charge in [-0.25, -0.2) is 0 Å². The molecule has 3 unspecified atom stereocenters. The fourth-order valence-electron chi connectivity index (χ4n) is 4.20. The molecule has 0 spiro atoms. The lowest BCUT2D eigenvalue weighted by atomic mass is 9.96. The lowest BCUT2D eigenvalue weighted by molar-refractivity contribution is -0.0315. The number of hydrogen-bond donors (Lipinski definition) is 4. The van der Waals surface area contributed by atoms with E-state index in [-0.39, 0.29) is 12.1 Å². The van der Waals surface area contributed by atoms with Crippen LogP contribution >= 0.6 is 0 Å². The first kappa shape index (κ1) is 21.0. The van der Waals surface area contributed by atoms with E-state index in [0.29, 0.717) is 19.6 Å². The minimum absolute atomic E-state index is 0.0761. The third kappa shape index (κ3) is 5.83. The molecule has 6 N–H and O–H groups in total. The molecule has 2 aliphatic rings. The number of piperazine rings is 2. The van der Waals surface area contributed by atoms with Crippen molar-refractivity contribution >= 4 is 0 Å². The Labute approximate surface area is 153 Å². The molecule has 0 bridgehead atoms. The molecular weight excluding hydrogens is 318 g/mol. The Kier molecular flexibility index (Phi) is 9.01. The van der Waals surface area contributed by atoms with E-state index in [9.17, 15) is 5.11 Å². The van der Waals surface area contributed by atoms with Crippen molar-refractivity contribution < 1.29 is 5.11 Å². The molecule has 8 nitrogen and oxygen atoms in total. The van der Waals surface area contributed by atoms with Crippen molar-refractivity contribution in [2.24, 2.45) is 11.5 Å². The fraction of sp³-hybridized carbons (Fsp3) is 1.00. The predicted octanol–water partition coefficient (Wildman–Crippen LogP) is -2.91. The summed E-state index contributed by atoms with van der Waals surface area (Å²) in [7, 11) is 4.06. The Morgan fingerprint density at radius 3 is 2.08 bits per heavy atom. The van der Waals surface area contributed by atoms with Gasteiger partial charge in [-0.05, 0) is 14.1 Å². The number of nitrogens with zero attached hydrogens (tertiary/aromatic N) is 4. The van der Waals surface area contributed by atoms with Gasteiger partial charge in [0.2, 0.25) is 0 Å². The van der Waals surface area contributed by atoms with Gasteiger partial charge >= 0.3 is 0 Å². The lowest BCUT2D eigenvalue weighted by Gasteiger charge is -2.48. The third-order valence-electron chi connectivity index (χ3n) is 5.72. The van der Waals surface area contributed by atoms with Crippen LogP contribution in [-0.4, -0.2) is 136 Å². The molecule has 2 aliphatic heterocycles. The van der Waals surface area contributed by atoms with Gasteiger partial charge in [0.1, 0.15) is 0 Å². The molecule has 0 aromatic rings. The van der Waals surface area contributed by atoms with Crippen LogP contribution in [0.1, 0.15) is 0 Å². The summed E-state index contributed by atoms with van der Waals surface area (Å²) in [5.74, 6) is 0. The van der Waals surface area contributed by atoms with Crippen molar-refractivity contribution in [2.75, 3.05) is 92.6 Å². The van der Waals surface area contributed by atoms with E-state index in [1.807, 2.05) is 7.05 Å². The minimum atomic E-state index is -0.413. The monoisotopic (exact) mass is 357 g/mol. The first-order valence-electron chi connectivity index (χ1n) is 9.72. The highest BCUT2D eigenvalue weighted by Crippen LogP contribution is 2.18. The highest BCUT2D eigenvalue weighted by Gasteiger charge is 2.37. The van der Waals surface area contributed by atoms with Crippen molar-refractivity contribution in [1.82, 2.24) is 24.9 Å². The summed E-state index contributed by atoms with van der Waals surface area (Å²) in [6.45, 7) is 11.0. The number of nitrogens with two attached hydrogens (primary N) is 2. The number of rotatable bonds is 9. The van der Waals surface area contributed by atoms with E-state index in [1.54, 1.807) is 0 Å². The first-order valence-corrected chi connectivity index (χ1v) is 9.72. The molecule has 25 heavy (non-hydrogen) atoms. The summed E-state index contributed by atoms with van der Waals surface area (Å²) < 4.78 is 0. The van der Waals surface area contributed by atoms with Gasteiger partial charge in [0.25, 0.3) is 0 Å². The fourth-order valence-corrected chi connectivity index (χ4v) is 4.20. The molecule has 8 heteroatoms. The van der Waals surface area contributed by atoms with Crippen molar-refractivity contribution in [3.63, 3.8) is 0 Å². The summed E-state index contributed by atoms with van der Waals surface area (Å²) in [6.07, 6.45) is -0.413. The van der Waals surface area contributed by atoms with Gasteiger partial charge in [0.05, 0.1) is 12.1 Å². The second-order valence-electron chi connectivity index (χ2n) is 7.42. The maximum absolute atomic E-state index is 10.9. The second kappa shape index (κ2) is 10.7. The van der Waals surface area contributed by atoms with E-state index in [1.165, 1.54) is 0 Å². The van der Waals surface area contributed by atoms with Gasteiger partial charge in [-0.15, -0.1) is 0 Å². The molecule has 148 valence electrons. The molecule has 0 saturated carbocycles. The summed E-state index contributed by atoms with van der Waals surface area (Å²) in [5.41, 5.74) is 11.9. The Balaban J connectivity index is 2.05. The van der Waals surface area contributed by atoms with Crippen LogP contribution in [0.15, 0.2) is 0 Å². The number of hydrogen-bond acceptors (Lipinski definition) is 8. The molecule has 2 heterocycles. The topological polar surface area (TPSA) is 97.3 Å². The van der Waals surface area contributed by atoms with Gasteiger partial charge in [-0.3, -0.25) is 14.7 Å². The Morgan fingerprint density at radius 2 is 1.56 bits per heavy atom. The summed E-state index contributed by atoms with van der Waals surface area (Å²) in [4.78, 5) is 9.70. The maximum atomic E-state index is 10.9. The van der Waals surface area contributed by atoms with E-state index < -0.39 is 6.10 Å². The first-order chi connectivity index (χ1) is 12.1. The van der Waals surface area contributed by atoms with Crippen LogP contribution in [0, 0.1) is 0 Å². The molecule has 2 rings (SSSR count). The van der Waals surface area contributed by atoms with Gasteiger partial charge in [-0.2, -0.15) is 0 Å². The SMILES string of the molecule is CNCC(O)C(C(CN)N1CCN(CCN)CC1)N1CCN(C)CC1.